The number of rotatable bonds is 4. The van der Waals surface area contributed by atoms with Crippen LogP contribution in [-0.4, -0.2) is 12.1 Å². The molecule has 0 saturated heterocycles. The molecule has 2 aromatic rings. The zero-order valence-electron chi connectivity index (χ0n) is 12.9. The van der Waals surface area contributed by atoms with Gasteiger partial charge in [-0.3, -0.25) is 4.79 Å². The van der Waals surface area contributed by atoms with Crippen LogP contribution in [0.15, 0.2) is 53.6 Å². The summed E-state index contributed by atoms with van der Waals surface area (Å²) in [6.45, 7) is 0. The molecule has 0 aliphatic heterocycles. The van der Waals surface area contributed by atoms with Crippen molar-refractivity contribution in [3.05, 3.63) is 71.0 Å². The summed E-state index contributed by atoms with van der Waals surface area (Å²) in [7, 11) is 0. The molecule has 0 radical (unpaired) electrons. The van der Waals surface area contributed by atoms with Crippen LogP contribution < -0.4 is 5.43 Å². The summed E-state index contributed by atoms with van der Waals surface area (Å²) in [5.41, 5.74) is 1.73. The standard InChI is InChI=1S/C18H14F4N2O/c19-16-8-4-2-6-12(16)13-9-14(13)17(25)24-23-10-11-5-1-3-7-15(11)18(20,21)22/h1-8,10,13-14H,9H2,(H,24,25). The van der Waals surface area contributed by atoms with Crippen LogP contribution >= 0.6 is 0 Å². The van der Waals surface area contributed by atoms with Crippen LogP contribution in [0.3, 0.4) is 0 Å². The summed E-state index contributed by atoms with van der Waals surface area (Å²) in [6.07, 6.45) is -3.05. The SMILES string of the molecule is O=C(NN=Cc1ccccc1C(F)(F)F)C1CC1c1ccccc1F. The van der Waals surface area contributed by atoms with Gasteiger partial charge in [0.1, 0.15) is 5.82 Å². The molecule has 7 heteroatoms. The van der Waals surface area contributed by atoms with E-state index in [-0.39, 0.29) is 17.3 Å². The highest BCUT2D eigenvalue weighted by molar-refractivity contribution is 5.86. The van der Waals surface area contributed by atoms with Crippen molar-refractivity contribution in [2.45, 2.75) is 18.5 Å². The molecule has 1 fully saturated rings. The number of carbonyl (C=O) groups excluding carboxylic acids is 1. The predicted octanol–water partition coefficient (Wildman–Crippen LogP) is 4.10. The van der Waals surface area contributed by atoms with E-state index in [1.54, 1.807) is 18.2 Å². The van der Waals surface area contributed by atoms with E-state index in [0.717, 1.165) is 12.3 Å². The highest BCUT2D eigenvalue weighted by Gasteiger charge is 2.45. The minimum atomic E-state index is -4.50. The van der Waals surface area contributed by atoms with Crippen LogP contribution in [-0.2, 0) is 11.0 Å². The molecule has 1 saturated carbocycles. The van der Waals surface area contributed by atoms with Gasteiger partial charge in [-0.05, 0) is 30.0 Å². The molecule has 1 aliphatic carbocycles. The van der Waals surface area contributed by atoms with Crippen molar-refractivity contribution in [2.24, 2.45) is 11.0 Å². The second-order valence-corrected chi connectivity index (χ2v) is 5.79. The summed E-state index contributed by atoms with van der Waals surface area (Å²) < 4.78 is 52.3. The molecule has 1 amide bonds. The molecular weight excluding hydrogens is 336 g/mol. The number of hydrogen-bond donors (Lipinski definition) is 1. The molecule has 2 unspecified atom stereocenters. The van der Waals surface area contributed by atoms with Gasteiger partial charge in [-0.25, -0.2) is 9.82 Å². The maximum absolute atomic E-state index is 13.7. The van der Waals surface area contributed by atoms with Crippen molar-refractivity contribution in [3.63, 3.8) is 0 Å². The Morgan fingerprint density at radius 2 is 1.80 bits per heavy atom. The Bertz CT molecular complexity index is 817. The summed E-state index contributed by atoms with van der Waals surface area (Å²) in [4.78, 5) is 12.0. The zero-order valence-corrected chi connectivity index (χ0v) is 12.9. The first-order valence-corrected chi connectivity index (χ1v) is 7.61. The van der Waals surface area contributed by atoms with Gasteiger partial charge in [0.05, 0.1) is 11.8 Å². The fraction of sp³-hybridized carbons (Fsp3) is 0.222. The second-order valence-electron chi connectivity index (χ2n) is 5.79. The van der Waals surface area contributed by atoms with Crippen LogP contribution in [0.4, 0.5) is 17.6 Å². The minimum Gasteiger partial charge on any atom is -0.273 e. The summed E-state index contributed by atoms with van der Waals surface area (Å²) in [6, 6.07) is 11.1. The molecule has 0 aromatic heterocycles. The summed E-state index contributed by atoms with van der Waals surface area (Å²) >= 11 is 0. The lowest BCUT2D eigenvalue weighted by Gasteiger charge is -2.09. The van der Waals surface area contributed by atoms with Gasteiger partial charge in [0.15, 0.2) is 0 Å². The average Bonchev–Trinajstić information content (AvgIpc) is 3.35. The second kappa shape index (κ2) is 6.66. The molecule has 3 rings (SSSR count). The van der Waals surface area contributed by atoms with Crippen LogP contribution in [0.2, 0.25) is 0 Å². The van der Waals surface area contributed by atoms with E-state index in [0.29, 0.717) is 12.0 Å². The highest BCUT2D eigenvalue weighted by atomic mass is 19.4. The monoisotopic (exact) mass is 350 g/mol. The van der Waals surface area contributed by atoms with Gasteiger partial charge in [-0.15, -0.1) is 0 Å². The molecule has 130 valence electrons. The minimum absolute atomic E-state index is 0.142. The number of nitrogens with zero attached hydrogens (tertiary/aromatic N) is 1. The lowest BCUT2D eigenvalue weighted by molar-refractivity contribution is -0.137. The first-order valence-electron chi connectivity index (χ1n) is 7.61. The molecule has 1 N–H and O–H groups in total. The fourth-order valence-corrected chi connectivity index (χ4v) is 2.72. The Morgan fingerprint density at radius 3 is 2.52 bits per heavy atom. The maximum Gasteiger partial charge on any atom is 0.417 e. The first-order chi connectivity index (χ1) is 11.9. The van der Waals surface area contributed by atoms with E-state index < -0.39 is 23.6 Å². The smallest absolute Gasteiger partial charge is 0.273 e. The molecule has 2 atom stereocenters. The first kappa shape index (κ1) is 17.1. The topological polar surface area (TPSA) is 41.5 Å². The van der Waals surface area contributed by atoms with E-state index in [9.17, 15) is 22.4 Å². The van der Waals surface area contributed by atoms with Gasteiger partial charge in [0.2, 0.25) is 5.91 Å². The average molecular weight is 350 g/mol. The Kier molecular flexibility index (Phi) is 4.57. The number of halogens is 4. The molecule has 0 heterocycles. The van der Waals surface area contributed by atoms with E-state index in [1.165, 1.54) is 24.3 Å². The largest absolute Gasteiger partial charge is 0.417 e. The molecule has 0 bridgehead atoms. The molecule has 0 spiro atoms. The number of amides is 1. The van der Waals surface area contributed by atoms with Gasteiger partial charge < -0.3 is 0 Å². The third kappa shape index (κ3) is 3.87. The molecular formula is C18H14F4N2O. The van der Waals surface area contributed by atoms with E-state index in [1.807, 2.05) is 0 Å². The van der Waals surface area contributed by atoms with Crippen molar-refractivity contribution in [3.8, 4) is 0 Å². The zero-order chi connectivity index (χ0) is 18.0. The van der Waals surface area contributed by atoms with Gasteiger partial charge in [-0.1, -0.05) is 36.4 Å². The molecule has 2 aromatic carbocycles. The molecule has 1 aliphatic rings. The van der Waals surface area contributed by atoms with Crippen molar-refractivity contribution in [2.75, 3.05) is 0 Å². The van der Waals surface area contributed by atoms with Crippen LogP contribution in [0.1, 0.15) is 29.0 Å². The van der Waals surface area contributed by atoms with Crippen molar-refractivity contribution < 1.29 is 22.4 Å². The van der Waals surface area contributed by atoms with Crippen molar-refractivity contribution in [1.82, 2.24) is 5.43 Å². The van der Waals surface area contributed by atoms with Crippen molar-refractivity contribution >= 4 is 12.1 Å². The Hall–Kier alpha value is -2.70. The van der Waals surface area contributed by atoms with E-state index in [4.69, 9.17) is 0 Å². The normalized spacial score (nSPS) is 19.8. The number of alkyl halides is 3. The van der Waals surface area contributed by atoms with Crippen molar-refractivity contribution in [1.29, 1.82) is 0 Å². The number of carbonyl (C=O) groups is 1. The third-order valence-corrected chi connectivity index (χ3v) is 4.08. The van der Waals surface area contributed by atoms with E-state index in [2.05, 4.69) is 10.5 Å². The fourth-order valence-electron chi connectivity index (χ4n) is 2.72. The highest BCUT2D eigenvalue weighted by Crippen LogP contribution is 2.48. The maximum atomic E-state index is 13.7. The number of nitrogens with one attached hydrogen (secondary N) is 1. The van der Waals surface area contributed by atoms with Gasteiger partial charge in [0.25, 0.3) is 0 Å². The van der Waals surface area contributed by atoms with Crippen LogP contribution in [0.5, 0.6) is 0 Å². The molecule has 25 heavy (non-hydrogen) atoms. The Labute approximate surface area is 141 Å². The number of benzene rings is 2. The third-order valence-electron chi connectivity index (χ3n) is 4.08. The summed E-state index contributed by atoms with van der Waals surface area (Å²) in [5.74, 6) is -1.45. The quantitative estimate of drug-likeness (QED) is 0.503. The Balaban J connectivity index is 1.63. The Morgan fingerprint density at radius 1 is 1.12 bits per heavy atom. The number of hydrazone groups is 1. The predicted molar refractivity (Wildman–Crippen MR) is 84.4 cm³/mol. The van der Waals surface area contributed by atoms with E-state index >= 15 is 0 Å². The lowest BCUT2D eigenvalue weighted by Crippen LogP contribution is -2.20. The van der Waals surface area contributed by atoms with Crippen LogP contribution in [0, 0.1) is 11.7 Å². The van der Waals surface area contributed by atoms with Gasteiger partial charge in [0, 0.05) is 11.5 Å². The van der Waals surface area contributed by atoms with Gasteiger partial charge >= 0.3 is 6.18 Å². The molecule has 3 nitrogen and oxygen atoms in total. The van der Waals surface area contributed by atoms with Gasteiger partial charge in [-0.2, -0.15) is 18.3 Å². The lowest BCUT2D eigenvalue weighted by atomic mass is 10.1. The van der Waals surface area contributed by atoms with Crippen LogP contribution in [0.25, 0.3) is 0 Å². The summed E-state index contributed by atoms with van der Waals surface area (Å²) in [5, 5.41) is 3.61. The number of hydrogen-bond acceptors (Lipinski definition) is 2.